The van der Waals surface area contributed by atoms with E-state index in [-0.39, 0.29) is 29.5 Å². The normalized spacial score (nSPS) is 21.3. The largest absolute Gasteiger partial charge is 0.497 e. The van der Waals surface area contributed by atoms with E-state index in [0.29, 0.717) is 38.1 Å². The molecule has 0 fully saturated rings. The summed E-state index contributed by atoms with van der Waals surface area (Å²) in [6.07, 6.45) is 25.3. The van der Waals surface area contributed by atoms with Gasteiger partial charge in [0.1, 0.15) is 12.0 Å². The van der Waals surface area contributed by atoms with Gasteiger partial charge in [-0.05, 0) is 86.9 Å². The van der Waals surface area contributed by atoms with Gasteiger partial charge in [0.2, 0.25) is 0 Å². The minimum absolute atomic E-state index is 0.0308. The highest BCUT2D eigenvalue weighted by molar-refractivity contribution is 9.09. The lowest BCUT2D eigenvalue weighted by molar-refractivity contribution is -0.104. The van der Waals surface area contributed by atoms with E-state index in [0.717, 1.165) is 48.6 Å². The number of methoxy groups -OCH3 is 1. The van der Waals surface area contributed by atoms with Crippen molar-refractivity contribution in [2.75, 3.05) is 19.0 Å². The first-order valence-electron chi connectivity index (χ1n) is 18.2. The molecule has 0 N–H and O–H groups in total. The van der Waals surface area contributed by atoms with E-state index in [2.05, 4.69) is 107 Å². The summed E-state index contributed by atoms with van der Waals surface area (Å²) in [6, 6.07) is 7.86. The summed E-state index contributed by atoms with van der Waals surface area (Å²) in [5.74, 6) is 4.08. The predicted molar refractivity (Wildman–Crippen MR) is 218 cm³/mol. The third-order valence-electron chi connectivity index (χ3n) is 9.52. The van der Waals surface area contributed by atoms with Crippen molar-refractivity contribution in [2.24, 2.45) is 5.92 Å². The molecular weight excluding hydrogens is 720 g/mol. The fourth-order valence-electron chi connectivity index (χ4n) is 5.57. The summed E-state index contributed by atoms with van der Waals surface area (Å²) >= 11 is 3.43. The number of hydrogen-bond donors (Lipinski definition) is 0. The maximum Gasteiger partial charge on any atom is 0.193 e. The van der Waals surface area contributed by atoms with Crippen molar-refractivity contribution in [3.05, 3.63) is 90.1 Å². The Hall–Kier alpha value is -2.51. The lowest BCUT2D eigenvalue weighted by atomic mass is 9.94. The van der Waals surface area contributed by atoms with Crippen molar-refractivity contribution in [1.29, 1.82) is 0 Å². The van der Waals surface area contributed by atoms with Crippen molar-refractivity contribution < 1.29 is 28.2 Å². The van der Waals surface area contributed by atoms with Crippen molar-refractivity contribution in [3.8, 4) is 18.1 Å². The molecule has 51 heavy (non-hydrogen) atoms. The Kier molecular flexibility index (Phi) is 20.3. The SMILES string of the molecule is C#CC[C@@H]1C=CC[C@@H](C[C@@H](C)CC(=C)CBr)O1.COc1ccc(CO[C@@H](C/C=C/C=O)[C@H](/C=C/[C@@H]2CC(C)=CCO2)O[Si](C)(C)C(C)(C)C)cc1. The Labute approximate surface area is 319 Å². The predicted octanol–water partition coefficient (Wildman–Crippen LogP) is 10.5. The molecule has 6 nitrogen and oxygen atoms in total. The fraction of sp³-hybridized carbons (Fsp3) is 0.558. The third kappa shape index (κ3) is 17.2. The molecule has 282 valence electrons. The highest BCUT2D eigenvalue weighted by Gasteiger charge is 2.40. The second-order valence-corrected chi connectivity index (χ2v) is 20.5. The van der Waals surface area contributed by atoms with Crippen LogP contribution >= 0.6 is 15.9 Å². The summed E-state index contributed by atoms with van der Waals surface area (Å²) in [6.45, 7) is 20.7. The van der Waals surface area contributed by atoms with Crippen LogP contribution in [0.5, 0.6) is 5.75 Å². The van der Waals surface area contributed by atoms with Crippen LogP contribution in [0.3, 0.4) is 0 Å². The van der Waals surface area contributed by atoms with Gasteiger partial charge in [-0.3, -0.25) is 4.79 Å². The standard InChI is InChI=1S/C28H42O5Si.C15H21BrO/c1-22-17-19-31-25(20-22)15-16-27(33-34(6,7)28(2,3)4)26(10-8-9-18-29)32-21-23-11-13-24(30-5)14-12-23;1-4-6-14-7-5-8-15(17-14)10-12(2)9-13(3)11-16/h8-9,11-18,25-27H,10,19-21H2,1-7H3;1,5,7,12,14-15H,3,6,8-11H2,2H3/b9-8+,16-15+;/t25-,26+,27+;12-,14+,15-/m10/s1. The summed E-state index contributed by atoms with van der Waals surface area (Å²) in [7, 11) is -0.437. The van der Waals surface area contributed by atoms with Crippen molar-refractivity contribution in [3.63, 3.8) is 0 Å². The van der Waals surface area contributed by atoms with Gasteiger partial charge >= 0.3 is 0 Å². The van der Waals surface area contributed by atoms with Crippen LogP contribution in [0.15, 0.2) is 84.5 Å². The van der Waals surface area contributed by atoms with Gasteiger partial charge < -0.3 is 23.4 Å². The Morgan fingerprint density at radius 2 is 1.96 bits per heavy atom. The van der Waals surface area contributed by atoms with E-state index in [1.54, 1.807) is 7.11 Å². The average molecular weight is 784 g/mol. The Balaban J connectivity index is 0.000000444. The number of carbonyl (C=O) groups is 1. The quantitative estimate of drug-likeness (QED) is 0.0369. The monoisotopic (exact) mass is 782 g/mol. The van der Waals surface area contributed by atoms with E-state index in [1.165, 1.54) is 17.2 Å². The van der Waals surface area contributed by atoms with Crippen LogP contribution in [0.25, 0.3) is 0 Å². The molecule has 2 heterocycles. The fourth-order valence-corrected chi connectivity index (χ4v) is 7.06. The molecule has 0 radical (unpaired) electrons. The van der Waals surface area contributed by atoms with Crippen LogP contribution in [0.4, 0.5) is 0 Å². The number of alkyl halides is 1. The average Bonchev–Trinajstić information content (AvgIpc) is 3.08. The minimum Gasteiger partial charge on any atom is -0.497 e. The first-order chi connectivity index (χ1) is 24.2. The molecule has 0 aliphatic carbocycles. The maximum atomic E-state index is 10.9. The van der Waals surface area contributed by atoms with Gasteiger partial charge in [-0.2, -0.15) is 0 Å². The maximum absolute atomic E-state index is 10.9. The van der Waals surface area contributed by atoms with Gasteiger partial charge in [0.05, 0.1) is 50.8 Å². The Morgan fingerprint density at radius 1 is 1.24 bits per heavy atom. The van der Waals surface area contributed by atoms with Gasteiger partial charge in [0.25, 0.3) is 0 Å². The second kappa shape index (κ2) is 23.2. The molecule has 0 aromatic heterocycles. The van der Waals surface area contributed by atoms with Crippen LogP contribution in [0.2, 0.25) is 18.1 Å². The van der Waals surface area contributed by atoms with Gasteiger partial charge in [0, 0.05) is 11.8 Å². The van der Waals surface area contributed by atoms with Gasteiger partial charge in [-0.25, -0.2) is 0 Å². The minimum atomic E-state index is -2.09. The molecule has 2 aliphatic rings. The number of benzene rings is 1. The molecule has 0 unspecified atom stereocenters. The summed E-state index contributed by atoms with van der Waals surface area (Å²) in [5.41, 5.74) is 3.64. The van der Waals surface area contributed by atoms with Crippen molar-refractivity contribution in [1.82, 2.24) is 0 Å². The molecule has 8 heteroatoms. The zero-order valence-electron chi connectivity index (χ0n) is 32.4. The number of aldehydes is 1. The molecule has 0 saturated heterocycles. The van der Waals surface area contributed by atoms with Crippen molar-refractivity contribution in [2.45, 2.75) is 128 Å². The summed E-state index contributed by atoms with van der Waals surface area (Å²) in [4.78, 5) is 10.9. The van der Waals surface area contributed by atoms with Crippen LogP contribution in [0.1, 0.15) is 78.7 Å². The van der Waals surface area contributed by atoms with E-state index in [4.69, 9.17) is 29.8 Å². The van der Waals surface area contributed by atoms with Gasteiger partial charge in [-0.1, -0.05) is 110 Å². The zero-order chi connectivity index (χ0) is 37.9. The first kappa shape index (κ1) is 44.6. The zero-order valence-corrected chi connectivity index (χ0v) is 35.0. The molecule has 1 aromatic rings. The van der Waals surface area contributed by atoms with Gasteiger partial charge in [-0.15, -0.1) is 12.3 Å². The number of terminal acetylenes is 1. The van der Waals surface area contributed by atoms with E-state index in [9.17, 15) is 4.79 Å². The highest BCUT2D eigenvalue weighted by atomic mass is 79.9. The molecule has 2 aliphatic heterocycles. The topological polar surface area (TPSA) is 63.2 Å². The number of rotatable bonds is 18. The van der Waals surface area contributed by atoms with E-state index >= 15 is 0 Å². The molecule has 3 rings (SSSR count). The van der Waals surface area contributed by atoms with Gasteiger partial charge in [0.15, 0.2) is 8.32 Å². The molecule has 1 aromatic carbocycles. The first-order valence-corrected chi connectivity index (χ1v) is 22.2. The van der Waals surface area contributed by atoms with E-state index in [1.807, 2.05) is 30.3 Å². The molecule has 0 amide bonds. The second-order valence-electron chi connectivity index (χ2n) is 15.1. The molecule has 0 saturated carbocycles. The lowest BCUT2D eigenvalue weighted by Crippen LogP contribution is -2.47. The van der Waals surface area contributed by atoms with Crippen LogP contribution < -0.4 is 4.74 Å². The number of ether oxygens (including phenoxy) is 4. The van der Waals surface area contributed by atoms with Crippen LogP contribution in [-0.2, 0) is 30.0 Å². The lowest BCUT2D eigenvalue weighted by Gasteiger charge is -2.40. The summed E-state index contributed by atoms with van der Waals surface area (Å²) < 4.78 is 30.4. The third-order valence-corrected chi connectivity index (χ3v) is 14.8. The van der Waals surface area contributed by atoms with Crippen molar-refractivity contribution >= 4 is 30.5 Å². The smallest absolute Gasteiger partial charge is 0.193 e. The van der Waals surface area contributed by atoms with Crippen LogP contribution in [0, 0.1) is 18.3 Å². The highest BCUT2D eigenvalue weighted by Crippen LogP contribution is 2.38. The Bertz CT molecular complexity index is 1350. The number of allylic oxidation sites excluding steroid dienone is 2. The van der Waals surface area contributed by atoms with E-state index < -0.39 is 8.32 Å². The number of carbonyl (C=O) groups excluding carboxylic acids is 1. The molecule has 0 spiro atoms. The summed E-state index contributed by atoms with van der Waals surface area (Å²) in [5, 5.41) is 0.946. The molecular formula is C43H63BrO6Si. The van der Waals surface area contributed by atoms with Crippen LogP contribution in [-0.4, -0.2) is 64.2 Å². The number of hydrogen-bond acceptors (Lipinski definition) is 6. The number of halogens is 1. The molecule has 0 bridgehead atoms. The molecule has 6 atom stereocenters. The Morgan fingerprint density at radius 3 is 2.57 bits per heavy atom.